The maximum atomic E-state index is 5.11. The van der Waals surface area contributed by atoms with Crippen LogP contribution < -0.4 is 5.32 Å². The van der Waals surface area contributed by atoms with E-state index >= 15 is 0 Å². The van der Waals surface area contributed by atoms with Gasteiger partial charge >= 0.3 is 0 Å². The fourth-order valence-corrected chi connectivity index (χ4v) is 5.84. The summed E-state index contributed by atoms with van der Waals surface area (Å²) >= 11 is 0. The van der Waals surface area contributed by atoms with Crippen LogP contribution in [-0.2, 0) is 0 Å². The Labute approximate surface area is 261 Å². The number of fused-ring (bicyclic) bond motifs is 1. The van der Waals surface area contributed by atoms with E-state index in [0.717, 1.165) is 50.6 Å². The molecule has 1 aliphatic rings. The van der Waals surface area contributed by atoms with E-state index in [1.165, 1.54) is 11.1 Å². The normalized spacial score (nSPS) is 14.4. The number of imidazole rings is 1. The van der Waals surface area contributed by atoms with Gasteiger partial charge in [-0.2, -0.15) is 0 Å². The molecule has 5 heteroatoms. The van der Waals surface area contributed by atoms with E-state index in [1.807, 2.05) is 36.4 Å². The largest absolute Gasteiger partial charge is 0.344 e. The van der Waals surface area contributed by atoms with Gasteiger partial charge in [-0.3, -0.25) is 4.57 Å². The van der Waals surface area contributed by atoms with Gasteiger partial charge in [0.2, 0.25) is 0 Å². The smallest absolute Gasteiger partial charge is 0.159 e. The standard InChI is InChI=1S/C40H29N5/c1-4-13-28(14-5-1)29-23-25-31(26-24-29)38-42-37(30-15-6-2-7-16-30)43-39(44-38)32-17-12-18-33(27-32)40-41-35-21-10-11-22-36(35)45(40)34-19-8-3-9-20-34/h1-27,37H,(H,42,43,44). The summed E-state index contributed by atoms with van der Waals surface area (Å²) in [6.07, 6.45) is -0.278. The van der Waals surface area contributed by atoms with Crippen LogP contribution >= 0.6 is 0 Å². The number of nitrogens with zero attached hydrogens (tertiary/aromatic N) is 4. The monoisotopic (exact) mass is 579 g/mol. The minimum atomic E-state index is -0.278. The van der Waals surface area contributed by atoms with Gasteiger partial charge in [0.1, 0.15) is 17.8 Å². The molecule has 8 rings (SSSR count). The number of hydrogen-bond acceptors (Lipinski definition) is 4. The van der Waals surface area contributed by atoms with Gasteiger partial charge < -0.3 is 5.32 Å². The van der Waals surface area contributed by atoms with Crippen LogP contribution in [-0.4, -0.2) is 21.2 Å². The Balaban J connectivity index is 1.22. The zero-order valence-corrected chi connectivity index (χ0v) is 24.5. The Bertz CT molecular complexity index is 2160. The Morgan fingerprint density at radius 3 is 1.89 bits per heavy atom. The summed E-state index contributed by atoms with van der Waals surface area (Å²) in [5.41, 5.74) is 9.43. The minimum absolute atomic E-state index is 0.278. The molecule has 0 bridgehead atoms. The molecule has 5 nitrogen and oxygen atoms in total. The number of nitrogens with one attached hydrogen (secondary N) is 1. The summed E-state index contributed by atoms with van der Waals surface area (Å²) < 4.78 is 2.22. The molecule has 1 atom stereocenters. The average molecular weight is 580 g/mol. The van der Waals surface area contributed by atoms with Crippen molar-refractivity contribution in [3.05, 3.63) is 180 Å². The molecule has 214 valence electrons. The first-order valence-corrected chi connectivity index (χ1v) is 15.1. The van der Waals surface area contributed by atoms with Crippen LogP contribution in [0.5, 0.6) is 0 Å². The minimum Gasteiger partial charge on any atom is -0.344 e. The fourth-order valence-electron chi connectivity index (χ4n) is 5.84. The predicted molar refractivity (Wildman–Crippen MR) is 184 cm³/mol. The number of hydrogen-bond donors (Lipinski definition) is 1. The first-order valence-electron chi connectivity index (χ1n) is 15.1. The average Bonchev–Trinajstić information content (AvgIpc) is 3.53. The summed E-state index contributed by atoms with van der Waals surface area (Å²) in [6, 6.07) is 56.3. The quantitative estimate of drug-likeness (QED) is 0.214. The molecule has 1 aromatic heterocycles. The van der Waals surface area contributed by atoms with Gasteiger partial charge in [0.15, 0.2) is 5.84 Å². The number of aromatic nitrogens is 2. The van der Waals surface area contributed by atoms with Gasteiger partial charge in [-0.05, 0) is 47.0 Å². The third-order valence-corrected chi connectivity index (χ3v) is 8.08. The molecule has 1 unspecified atom stereocenters. The van der Waals surface area contributed by atoms with Crippen molar-refractivity contribution in [2.45, 2.75) is 6.17 Å². The van der Waals surface area contributed by atoms with Crippen LogP contribution in [0, 0.1) is 0 Å². The van der Waals surface area contributed by atoms with Crippen LogP contribution in [0.4, 0.5) is 0 Å². The molecule has 0 saturated heterocycles. The molecule has 2 heterocycles. The molecular weight excluding hydrogens is 550 g/mol. The lowest BCUT2D eigenvalue weighted by atomic mass is 10.0. The molecule has 1 aliphatic heterocycles. The van der Waals surface area contributed by atoms with E-state index in [9.17, 15) is 0 Å². The molecule has 0 spiro atoms. The maximum Gasteiger partial charge on any atom is 0.159 e. The van der Waals surface area contributed by atoms with Crippen molar-refractivity contribution in [3.8, 4) is 28.2 Å². The second-order valence-electron chi connectivity index (χ2n) is 11.0. The van der Waals surface area contributed by atoms with Gasteiger partial charge in [-0.25, -0.2) is 15.0 Å². The van der Waals surface area contributed by atoms with Gasteiger partial charge in [0, 0.05) is 22.4 Å². The van der Waals surface area contributed by atoms with Crippen molar-refractivity contribution in [3.63, 3.8) is 0 Å². The summed E-state index contributed by atoms with van der Waals surface area (Å²) in [7, 11) is 0. The van der Waals surface area contributed by atoms with Gasteiger partial charge in [0.05, 0.1) is 11.0 Å². The summed E-state index contributed by atoms with van der Waals surface area (Å²) in [6.45, 7) is 0. The second-order valence-corrected chi connectivity index (χ2v) is 11.0. The van der Waals surface area contributed by atoms with Crippen LogP contribution in [0.1, 0.15) is 22.9 Å². The third kappa shape index (κ3) is 5.21. The first kappa shape index (κ1) is 26.5. The lowest BCUT2D eigenvalue weighted by Gasteiger charge is -2.24. The highest BCUT2D eigenvalue weighted by Crippen LogP contribution is 2.30. The van der Waals surface area contributed by atoms with E-state index in [1.54, 1.807) is 0 Å². The summed E-state index contributed by atoms with van der Waals surface area (Å²) in [5.74, 6) is 2.34. The predicted octanol–water partition coefficient (Wildman–Crippen LogP) is 8.85. The molecule has 0 aliphatic carbocycles. The van der Waals surface area contributed by atoms with Crippen LogP contribution in [0.25, 0.3) is 39.2 Å². The molecule has 0 radical (unpaired) electrons. The Morgan fingerprint density at radius 2 is 1.11 bits per heavy atom. The van der Waals surface area contributed by atoms with Gasteiger partial charge in [0.25, 0.3) is 0 Å². The highest BCUT2D eigenvalue weighted by Gasteiger charge is 2.22. The zero-order chi connectivity index (χ0) is 30.0. The maximum absolute atomic E-state index is 5.11. The Morgan fingerprint density at radius 1 is 0.511 bits per heavy atom. The molecule has 45 heavy (non-hydrogen) atoms. The van der Waals surface area contributed by atoms with Crippen molar-refractivity contribution in [1.29, 1.82) is 0 Å². The van der Waals surface area contributed by atoms with E-state index in [4.69, 9.17) is 15.0 Å². The number of aliphatic imine (C=N–C) groups is 2. The highest BCUT2D eigenvalue weighted by atomic mass is 15.2. The fraction of sp³-hybridized carbons (Fsp3) is 0.0250. The molecule has 0 fully saturated rings. The van der Waals surface area contributed by atoms with Crippen LogP contribution in [0.2, 0.25) is 0 Å². The number of para-hydroxylation sites is 3. The number of amidine groups is 2. The molecular formula is C40H29N5. The van der Waals surface area contributed by atoms with E-state index < -0.39 is 0 Å². The van der Waals surface area contributed by atoms with Crippen molar-refractivity contribution < 1.29 is 0 Å². The van der Waals surface area contributed by atoms with E-state index in [0.29, 0.717) is 5.84 Å². The summed E-state index contributed by atoms with van der Waals surface area (Å²) in [4.78, 5) is 15.3. The van der Waals surface area contributed by atoms with Crippen LogP contribution in [0.3, 0.4) is 0 Å². The van der Waals surface area contributed by atoms with E-state index in [2.05, 4.69) is 137 Å². The van der Waals surface area contributed by atoms with Crippen molar-refractivity contribution >= 4 is 22.7 Å². The topological polar surface area (TPSA) is 54.6 Å². The van der Waals surface area contributed by atoms with Crippen molar-refractivity contribution in [2.24, 2.45) is 9.98 Å². The Kier molecular flexibility index (Phi) is 6.81. The van der Waals surface area contributed by atoms with Gasteiger partial charge in [-0.1, -0.05) is 133 Å². The molecule has 0 saturated carbocycles. The molecule has 7 aromatic rings. The molecule has 6 aromatic carbocycles. The second kappa shape index (κ2) is 11.5. The molecule has 0 amide bonds. The highest BCUT2D eigenvalue weighted by molar-refractivity contribution is 6.13. The number of rotatable bonds is 6. The Hall–Kier alpha value is -6.07. The number of benzene rings is 6. The summed E-state index contributed by atoms with van der Waals surface area (Å²) in [5, 5.41) is 3.59. The van der Waals surface area contributed by atoms with Gasteiger partial charge in [-0.15, -0.1) is 0 Å². The lowest BCUT2D eigenvalue weighted by molar-refractivity contribution is 0.674. The van der Waals surface area contributed by atoms with Crippen LogP contribution in [0.15, 0.2) is 174 Å². The lowest BCUT2D eigenvalue weighted by Crippen LogP contribution is -2.33. The van der Waals surface area contributed by atoms with Crippen molar-refractivity contribution in [2.75, 3.05) is 0 Å². The van der Waals surface area contributed by atoms with E-state index in [-0.39, 0.29) is 6.17 Å². The zero-order valence-electron chi connectivity index (χ0n) is 24.5. The third-order valence-electron chi connectivity index (χ3n) is 8.08. The van der Waals surface area contributed by atoms with Crippen molar-refractivity contribution in [1.82, 2.24) is 14.9 Å². The SMILES string of the molecule is c1ccc(-c2ccc(C3=NC(c4cccc(-c5nc6ccccc6n5-c5ccccc5)c4)=NC(c4ccccc4)N3)cc2)cc1. The first-order chi connectivity index (χ1) is 22.3. The molecule has 1 N–H and O–H groups in total.